The van der Waals surface area contributed by atoms with Crippen LogP contribution in [0.15, 0.2) is 30.3 Å². The smallest absolute Gasteiger partial charge is 0.0718 e. The Morgan fingerprint density at radius 3 is 2.59 bits per heavy atom. The predicted octanol–water partition coefficient (Wildman–Crippen LogP) is 2.40. The Balaban J connectivity index is 1.51. The molecule has 0 bridgehead atoms. The van der Waals surface area contributed by atoms with Crippen LogP contribution in [0.1, 0.15) is 18.4 Å². The fourth-order valence-corrected chi connectivity index (χ4v) is 1.88. The van der Waals surface area contributed by atoms with Gasteiger partial charge in [-0.1, -0.05) is 30.3 Å². The van der Waals surface area contributed by atoms with Crippen molar-refractivity contribution in [1.29, 1.82) is 0 Å². The Kier molecular flexibility index (Phi) is 5.49. The molecule has 0 amide bonds. The Morgan fingerprint density at radius 2 is 1.82 bits per heavy atom. The van der Waals surface area contributed by atoms with Gasteiger partial charge in [-0.3, -0.25) is 0 Å². The average Bonchev–Trinajstić information content (AvgIpc) is 2.41. The molecule has 17 heavy (non-hydrogen) atoms. The average molecular weight is 236 g/mol. The molecule has 0 atom stereocenters. The van der Waals surface area contributed by atoms with Crippen LogP contribution in [-0.2, 0) is 20.8 Å². The summed E-state index contributed by atoms with van der Waals surface area (Å²) in [7, 11) is 0. The number of rotatable bonds is 6. The lowest BCUT2D eigenvalue weighted by molar-refractivity contribution is -0.0511. The van der Waals surface area contributed by atoms with Gasteiger partial charge in [0.2, 0.25) is 0 Å². The van der Waals surface area contributed by atoms with Gasteiger partial charge in [0.15, 0.2) is 0 Å². The van der Waals surface area contributed by atoms with Crippen LogP contribution in [0.2, 0.25) is 0 Å². The van der Waals surface area contributed by atoms with E-state index in [1.165, 1.54) is 5.56 Å². The predicted molar refractivity (Wildman–Crippen MR) is 65.9 cm³/mol. The lowest BCUT2D eigenvalue weighted by Gasteiger charge is -2.22. The molecule has 1 heterocycles. The van der Waals surface area contributed by atoms with E-state index >= 15 is 0 Å². The molecule has 94 valence electrons. The fraction of sp³-hybridized carbons (Fsp3) is 0.571. The minimum absolute atomic E-state index is 0.365. The first-order valence-electron chi connectivity index (χ1n) is 6.26. The molecule has 1 aliphatic heterocycles. The van der Waals surface area contributed by atoms with Crippen LogP contribution >= 0.6 is 0 Å². The van der Waals surface area contributed by atoms with E-state index in [0.29, 0.717) is 25.9 Å². The van der Waals surface area contributed by atoms with Crippen LogP contribution in [0.3, 0.4) is 0 Å². The number of ether oxygens (including phenoxy) is 3. The van der Waals surface area contributed by atoms with Gasteiger partial charge in [0, 0.05) is 13.2 Å². The van der Waals surface area contributed by atoms with E-state index in [2.05, 4.69) is 12.1 Å². The zero-order valence-electron chi connectivity index (χ0n) is 10.1. The van der Waals surface area contributed by atoms with E-state index in [0.717, 1.165) is 26.1 Å². The Hall–Kier alpha value is -0.900. The molecule has 0 unspecified atom stereocenters. The molecule has 0 N–H and O–H groups in total. The molecule has 0 spiro atoms. The summed E-state index contributed by atoms with van der Waals surface area (Å²) in [6, 6.07) is 10.2. The summed E-state index contributed by atoms with van der Waals surface area (Å²) in [5, 5.41) is 0. The topological polar surface area (TPSA) is 27.7 Å². The molecule has 1 fully saturated rings. The van der Waals surface area contributed by atoms with E-state index in [-0.39, 0.29) is 0 Å². The highest BCUT2D eigenvalue weighted by molar-refractivity contribution is 5.13. The largest absolute Gasteiger partial charge is 0.381 e. The third kappa shape index (κ3) is 4.86. The maximum Gasteiger partial charge on any atom is 0.0718 e. The van der Waals surface area contributed by atoms with Crippen molar-refractivity contribution in [2.75, 3.05) is 26.4 Å². The Labute approximate surface area is 103 Å². The highest BCUT2D eigenvalue weighted by Gasteiger charge is 2.13. The first kappa shape index (κ1) is 12.6. The van der Waals surface area contributed by atoms with E-state index in [1.54, 1.807) is 0 Å². The van der Waals surface area contributed by atoms with Crippen LogP contribution in [0, 0.1) is 0 Å². The van der Waals surface area contributed by atoms with Crippen molar-refractivity contribution in [2.45, 2.75) is 25.6 Å². The van der Waals surface area contributed by atoms with Gasteiger partial charge in [0.05, 0.1) is 25.9 Å². The molecule has 1 aromatic carbocycles. The Bertz CT molecular complexity index is 294. The van der Waals surface area contributed by atoms with Crippen molar-refractivity contribution in [2.24, 2.45) is 0 Å². The van der Waals surface area contributed by atoms with Gasteiger partial charge < -0.3 is 14.2 Å². The van der Waals surface area contributed by atoms with Crippen LogP contribution < -0.4 is 0 Å². The molecule has 2 rings (SSSR count). The van der Waals surface area contributed by atoms with Crippen molar-refractivity contribution >= 4 is 0 Å². The first-order chi connectivity index (χ1) is 8.45. The maximum atomic E-state index is 5.72. The van der Waals surface area contributed by atoms with E-state index < -0.39 is 0 Å². The lowest BCUT2D eigenvalue weighted by Crippen LogP contribution is -2.24. The highest BCUT2D eigenvalue weighted by atomic mass is 16.5. The minimum atomic E-state index is 0.365. The molecule has 1 aliphatic rings. The molecule has 0 radical (unpaired) electrons. The number of benzene rings is 1. The third-order valence-electron chi connectivity index (χ3n) is 2.86. The molecule has 0 aliphatic carbocycles. The molecule has 3 nitrogen and oxygen atoms in total. The second kappa shape index (κ2) is 7.43. The normalized spacial score (nSPS) is 17.2. The number of hydrogen-bond donors (Lipinski definition) is 0. The summed E-state index contributed by atoms with van der Waals surface area (Å²) in [5.74, 6) is 0. The third-order valence-corrected chi connectivity index (χ3v) is 2.86. The lowest BCUT2D eigenvalue weighted by atomic mass is 10.2. The monoisotopic (exact) mass is 236 g/mol. The summed E-state index contributed by atoms with van der Waals surface area (Å²) in [5.41, 5.74) is 1.21. The van der Waals surface area contributed by atoms with Gasteiger partial charge >= 0.3 is 0 Å². The summed E-state index contributed by atoms with van der Waals surface area (Å²) in [4.78, 5) is 0. The van der Waals surface area contributed by atoms with Gasteiger partial charge in [-0.05, 0) is 18.4 Å². The highest BCUT2D eigenvalue weighted by Crippen LogP contribution is 2.10. The summed E-state index contributed by atoms with van der Waals surface area (Å²) >= 11 is 0. The van der Waals surface area contributed by atoms with E-state index in [1.807, 2.05) is 18.2 Å². The summed E-state index contributed by atoms with van der Waals surface area (Å²) < 4.78 is 16.5. The number of hydrogen-bond acceptors (Lipinski definition) is 3. The van der Waals surface area contributed by atoms with Crippen molar-refractivity contribution in [3.63, 3.8) is 0 Å². The van der Waals surface area contributed by atoms with Gasteiger partial charge in [-0.25, -0.2) is 0 Å². The quantitative estimate of drug-likeness (QED) is 0.710. The van der Waals surface area contributed by atoms with E-state index in [4.69, 9.17) is 14.2 Å². The van der Waals surface area contributed by atoms with Gasteiger partial charge in [-0.2, -0.15) is 0 Å². The first-order valence-corrected chi connectivity index (χ1v) is 6.26. The van der Waals surface area contributed by atoms with Crippen LogP contribution in [0.25, 0.3) is 0 Å². The molecule has 0 aromatic heterocycles. The maximum absolute atomic E-state index is 5.72. The molecule has 1 aromatic rings. The van der Waals surface area contributed by atoms with Crippen molar-refractivity contribution < 1.29 is 14.2 Å². The standard InChI is InChI=1S/C14H20O3/c1-2-4-13(5-3-1)12-16-10-11-17-14-6-8-15-9-7-14/h1-5,14H,6-12H2. The molecule has 1 saturated heterocycles. The summed E-state index contributed by atoms with van der Waals surface area (Å²) in [6.07, 6.45) is 2.39. The second-order valence-electron chi connectivity index (χ2n) is 4.22. The van der Waals surface area contributed by atoms with Crippen LogP contribution in [0.4, 0.5) is 0 Å². The van der Waals surface area contributed by atoms with Crippen molar-refractivity contribution in [3.8, 4) is 0 Å². The summed E-state index contributed by atoms with van der Waals surface area (Å²) in [6.45, 7) is 3.66. The van der Waals surface area contributed by atoms with Gasteiger partial charge in [0.25, 0.3) is 0 Å². The fourth-order valence-electron chi connectivity index (χ4n) is 1.88. The van der Waals surface area contributed by atoms with Crippen LogP contribution in [-0.4, -0.2) is 32.5 Å². The Morgan fingerprint density at radius 1 is 1.06 bits per heavy atom. The van der Waals surface area contributed by atoms with Crippen molar-refractivity contribution in [3.05, 3.63) is 35.9 Å². The molecular formula is C14H20O3. The molecule has 0 saturated carbocycles. The molecule has 3 heteroatoms. The second-order valence-corrected chi connectivity index (χ2v) is 4.22. The zero-order chi connectivity index (χ0) is 11.8. The molecular weight excluding hydrogens is 216 g/mol. The van der Waals surface area contributed by atoms with Crippen molar-refractivity contribution in [1.82, 2.24) is 0 Å². The van der Waals surface area contributed by atoms with E-state index in [9.17, 15) is 0 Å². The van der Waals surface area contributed by atoms with Gasteiger partial charge in [0.1, 0.15) is 0 Å². The zero-order valence-corrected chi connectivity index (χ0v) is 10.1. The van der Waals surface area contributed by atoms with Gasteiger partial charge in [-0.15, -0.1) is 0 Å². The minimum Gasteiger partial charge on any atom is -0.381 e. The SMILES string of the molecule is c1ccc(COCCOC2CCOCC2)cc1. The van der Waals surface area contributed by atoms with Crippen LogP contribution in [0.5, 0.6) is 0 Å².